The molecule has 48 valence electrons. The SMILES string of the molecule is [Br-].[Br-].[Br-].[Br-].[Br-].[Br-].[Ga+3].[In+3]. The van der Waals surface area contributed by atoms with Gasteiger partial charge in [-0.05, 0) is 0 Å². The summed E-state index contributed by atoms with van der Waals surface area (Å²) in [6.45, 7) is 0. The fourth-order valence-electron chi connectivity index (χ4n) is 0. The van der Waals surface area contributed by atoms with Crippen molar-refractivity contribution in [2.24, 2.45) is 0 Å². The molecule has 0 N–H and O–H groups in total. The third kappa shape index (κ3) is 47.6. The van der Waals surface area contributed by atoms with Gasteiger partial charge in [-0.15, -0.1) is 0 Å². The Balaban J connectivity index is 0. The van der Waals surface area contributed by atoms with Crippen molar-refractivity contribution in [3.05, 3.63) is 0 Å². The quantitative estimate of drug-likeness (QED) is 0.226. The third-order valence-electron chi connectivity index (χ3n) is 0. The standard InChI is InChI=1S/6BrH.Ga.In/h6*1H;;/q;;;;;;2*+3/p-6. The molecule has 8 heteroatoms. The summed E-state index contributed by atoms with van der Waals surface area (Å²) in [5.41, 5.74) is 0. The molecule has 0 heterocycles. The van der Waals surface area contributed by atoms with Crippen molar-refractivity contribution in [2.75, 3.05) is 0 Å². The first-order chi connectivity index (χ1) is 0. The van der Waals surface area contributed by atoms with Crippen LogP contribution in [0.1, 0.15) is 0 Å². The zero-order valence-corrected chi connectivity index (χ0v) is 18.7. The molecule has 0 aromatic carbocycles. The molecule has 0 fully saturated rings. The van der Waals surface area contributed by atoms with Gasteiger partial charge in [-0.25, -0.2) is 0 Å². The summed E-state index contributed by atoms with van der Waals surface area (Å²) < 4.78 is 0. The van der Waals surface area contributed by atoms with E-state index in [9.17, 15) is 0 Å². The molecule has 0 aromatic rings. The molecule has 0 unspecified atom stereocenters. The molecule has 0 atom stereocenters. The van der Waals surface area contributed by atoms with Crippen LogP contribution >= 0.6 is 0 Å². The van der Waals surface area contributed by atoms with Crippen molar-refractivity contribution in [1.29, 1.82) is 0 Å². The average molecular weight is 664 g/mol. The molecule has 0 aromatic heterocycles. The summed E-state index contributed by atoms with van der Waals surface area (Å²) in [4.78, 5) is 0. The Morgan fingerprint density at radius 2 is 0.375 bits per heavy atom. The van der Waals surface area contributed by atoms with E-state index in [4.69, 9.17) is 0 Å². The van der Waals surface area contributed by atoms with E-state index in [1.54, 1.807) is 0 Å². The van der Waals surface area contributed by atoms with Crippen molar-refractivity contribution in [2.45, 2.75) is 0 Å². The topological polar surface area (TPSA) is 0 Å². The molecule has 0 spiro atoms. The molecule has 0 amide bonds. The summed E-state index contributed by atoms with van der Waals surface area (Å²) in [7, 11) is 0. The van der Waals surface area contributed by atoms with Crippen LogP contribution in [-0.4, -0.2) is 45.6 Å². The molecule has 0 aliphatic carbocycles. The van der Waals surface area contributed by atoms with Gasteiger partial charge in [0.05, 0.1) is 0 Å². The second kappa shape index (κ2) is 63.8. The molecule has 0 rings (SSSR count). The van der Waals surface area contributed by atoms with Gasteiger partial charge in [0.15, 0.2) is 0 Å². The van der Waals surface area contributed by atoms with Crippen LogP contribution in [0.25, 0.3) is 0 Å². The maximum atomic E-state index is 0. The number of rotatable bonds is 0. The van der Waals surface area contributed by atoms with Gasteiger partial charge in [0.2, 0.25) is 0 Å². The maximum Gasteiger partial charge on any atom is 3.00 e. The number of hydrogen-bond donors (Lipinski definition) is 0. The predicted molar refractivity (Wildman–Crippen MR) is 11.5 cm³/mol. The maximum absolute atomic E-state index is 0. The molecule has 0 aliphatic rings. The van der Waals surface area contributed by atoms with Crippen LogP contribution in [0, 0.1) is 0 Å². The molecule has 0 saturated heterocycles. The molecule has 0 nitrogen and oxygen atoms in total. The van der Waals surface area contributed by atoms with Gasteiger partial charge in [0.25, 0.3) is 0 Å². The minimum atomic E-state index is 0. The minimum absolute atomic E-state index is 0. The second-order valence-corrected chi connectivity index (χ2v) is 0. The first kappa shape index (κ1) is 83.5. The van der Waals surface area contributed by atoms with Gasteiger partial charge >= 0.3 is 45.6 Å². The fourth-order valence-corrected chi connectivity index (χ4v) is 0. The zero-order valence-electron chi connectivity index (χ0n) is 3.42. The first-order valence-corrected chi connectivity index (χ1v) is 0. The van der Waals surface area contributed by atoms with Gasteiger partial charge in [-0.2, -0.15) is 0 Å². The molecule has 0 radical (unpaired) electrons. The van der Waals surface area contributed by atoms with Gasteiger partial charge in [-0.3, -0.25) is 0 Å². The summed E-state index contributed by atoms with van der Waals surface area (Å²) >= 11 is 0. The Morgan fingerprint density at radius 3 is 0.375 bits per heavy atom. The second-order valence-electron chi connectivity index (χ2n) is 0. The smallest absolute Gasteiger partial charge is 1.00 e. The van der Waals surface area contributed by atoms with Gasteiger partial charge < -0.3 is 102 Å². The summed E-state index contributed by atoms with van der Waals surface area (Å²) in [5.74, 6) is 0. The van der Waals surface area contributed by atoms with Crippen LogP contribution in [0.5, 0.6) is 0 Å². The summed E-state index contributed by atoms with van der Waals surface area (Å²) in [5, 5.41) is 0. The van der Waals surface area contributed by atoms with E-state index in [2.05, 4.69) is 0 Å². The van der Waals surface area contributed by atoms with E-state index < -0.39 is 0 Å². The monoisotopic (exact) mass is 657 g/mol. The Labute approximate surface area is 145 Å². The van der Waals surface area contributed by atoms with Gasteiger partial charge in [0, 0.05) is 0 Å². The summed E-state index contributed by atoms with van der Waals surface area (Å²) in [6.07, 6.45) is 0. The van der Waals surface area contributed by atoms with E-state index in [-0.39, 0.29) is 148 Å². The van der Waals surface area contributed by atoms with Crippen LogP contribution in [0.15, 0.2) is 0 Å². The van der Waals surface area contributed by atoms with E-state index in [1.807, 2.05) is 0 Å². The molecule has 8 heavy (non-hydrogen) atoms. The molecular formula is Br6GaIn. The Morgan fingerprint density at radius 1 is 0.375 bits per heavy atom. The zero-order chi connectivity index (χ0) is 0. The minimum Gasteiger partial charge on any atom is -1.00 e. The van der Waals surface area contributed by atoms with Crippen LogP contribution in [0.3, 0.4) is 0 Å². The Hall–Kier alpha value is 4.39. The van der Waals surface area contributed by atoms with Gasteiger partial charge in [0.1, 0.15) is 0 Å². The van der Waals surface area contributed by atoms with E-state index in [0.717, 1.165) is 0 Å². The molecule has 0 bridgehead atoms. The third-order valence-corrected chi connectivity index (χ3v) is 0. The predicted octanol–water partition coefficient (Wildman–Crippen LogP) is -18.7. The normalized spacial score (nSPS) is 0. The van der Waals surface area contributed by atoms with Crippen molar-refractivity contribution in [3.63, 3.8) is 0 Å². The van der Waals surface area contributed by atoms with Crippen LogP contribution < -0.4 is 102 Å². The van der Waals surface area contributed by atoms with Gasteiger partial charge in [-0.1, -0.05) is 0 Å². The van der Waals surface area contributed by atoms with Crippen molar-refractivity contribution >= 4 is 45.6 Å². The van der Waals surface area contributed by atoms with E-state index >= 15 is 0 Å². The first-order valence-electron chi connectivity index (χ1n) is 0. The summed E-state index contributed by atoms with van der Waals surface area (Å²) in [6, 6.07) is 0. The van der Waals surface area contributed by atoms with Crippen molar-refractivity contribution in [3.8, 4) is 0 Å². The number of halogens is 6. The molecule has 0 saturated carbocycles. The fraction of sp³-hybridized carbons (Fsp3) is 0. The van der Waals surface area contributed by atoms with Crippen LogP contribution in [-0.2, 0) is 0 Å². The Kier molecular flexibility index (Phi) is 666. The van der Waals surface area contributed by atoms with E-state index in [1.165, 1.54) is 0 Å². The number of hydrogen-bond acceptors (Lipinski definition) is 0. The van der Waals surface area contributed by atoms with E-state index in [0.29, 0.717) is 0 Å². The van der Waals surface area contributed by atoms with Crippen LogP contribution in [0.4, 0.5) is 0 Å². The Bertz CT molecular complexity index is 8.49. The van der Waals surface area contributed by atoms with Crippen molar-refractivity contribution in [1.82, 2.24) is 0 Å². The molecule has 0 aliphatic heterocycles. The molecular weight excluding hydrogens is 664 g/mol. The van der Waals surface area contributed by atoms with Crippen LogP contribution in [0.2, 0.25) is 0 Å². The average Bonchev–Trinajstić information content (AvgIpc) is 0. The largest absolute Gasteiger partial charge is 3.00 e. The van der Waals surface area contributed by atoms with Crippen molar-refractivity contribution < 1.29 is 102 Å².